The van der Waals surface area contributed by atoms with Crippen molar-refractivity contribution in [1.29, 1.82) is 0 Å². The fourth-order valence-electron chi connectivity index (χ4n) is 1.91. The molecule has 2 rings (SSSR count). The van der Waals surface area contributed by atoms with Gasteiger partial charge in [-0.3, -0.25) is 9.97 Å². The van der Waals surface area contributed by atoms with E-state index in [9.17, 15) is 0 Å². The van der Waals surface area contributed by atoms with E-state index in [2.05, 4.69) is 21.4 Å². The standard InChI is InChI=1S/C14H19N3O/c1-10(2)18-9-13(15-3)11-5-4-6-12-14(11)17-8-7-16-12/h4-8,10,13,15H,9H2,1-3H3. The molecular weight excluding hydrogens is 226 g/mol. The molecule has 1 aromatic carbocycles. The predicted octanol–water partition coefficient (Wildman–Crippen LogP) is 2.32. The van der Waals surface area contributed by atoms with Crippen molar-refractivity contribution in [3.05, 3.63) is 36.2 Å². The molecule has 1 heterocycles. The highest BCUT2D eigenvalue weighted by Crippen LogP contribution is 2.21. The van der Waals surface area contributed by atoms with E-state index < -0.39 is 0 Å². The Balaban J connectivity index is 2.32. The van der Waals surface area contributed by atoms with Gasteiger partial charge in [0.15, 0.2) is 0 Å². The summed E-state index contributed by atoms with van der Waals surface area (Å²) in [4.78, 5) is 8.74. The summed E-state index contributed by atoms with van der Waals surface area (Å²) in [5.74, 6) is 0. The fraction of sp³-hybridized carbons (Fsp3) is 0.429. The summed E-state index contributed by atoms with van der Waals surface area (Å²) in [6, 6.07) is 6.18. The molecule has 0 saturated carbocycles. The predicted molar refractivity (Wildman–Crippen MR) is 72.4 cm³/mol. The molecule has 0 radical (unpaired) electrons. The normalized spacial score (nSPS) is 13.1. The van der Waals surface area contributed by atoms with Gasteiger partial charge in [-0.05, 0) is 32.5 Å². The quantitative estimate of drug-likeness (QED) is 0.878. The first-order valence-electron chi connectivity index (χ1n) is 6.21. The molecule has 0 aliphatic rings. The van der Waals surface area contributed by atoms with Gasteiger partial charge < -0.3 is 10.1 Å². The van der Waals surface area contributed by atoms with E-state index >= 15 is 0 Å². The number of rotatable bonds is 5. The maximum Gasteiger partial charge on any atom is 0.0935 e. The molecule has 0 aliphatic carbocycles. The lowest BCUT2D eigenvalue weighted by atomic mass is 10.1. The second-order valence-corrected chi connectivity index (χ2v) is 4.49. The Labute approximate surface area is 107 Å². The molecule has 0 aliphatic heterocycles. The monoisotopic (exact) mass is 245 g/mol. The second kappa shape index (κ2) is 5.89. The number of benzene rings is 1. The number of ether oxygens (including phenoxy) is 1. The molecular formula is C14H19N3O. The van der Waals surface area contributed by atoms with Gasteiger partial charge >= 0.3 is 0 Å². The van der Waals surface area contributed by atoms with E-state index in [1.807, 2.05) is 33.0 Å². The lowest BCUT2D eigenvalue weighted by molar-refractivity contribution is 0.0628. The summed E-state index contributed by atoms with van der Waals surface area (Å²) in [5, 5.41) is 3.27. The molecule has 0 saturated heterocycles. The average Bonchev–Trinajstić information content (AvgIpc) is 2.39. The van der Waals surface area contributed by atoms with Crippen LogP contribution < -0.4 is 5.32 Å². The summed E-state index contributed by atoms with van der Waals surface area (Å²) in [7, 11) is 1.93. The molecule has 0 amide bonds. The van der Waals surface area contributed by atoms with Crippen molar-refractivity contribution >= 4 is 11.0 Å². The Morgan fingerprint density at radius 3 is 2.72 bits per heavy atom. The van der Waals surface area contributed by atoms with Crippen LogP contribution in [0.3, 0.4) is 0 Å². The van der Waals surface area contributed by atoms with E-state index in [0.717, 1.165) is 16.6 Å². The number of para-hydroxylation sites is 1. The Kier molecular flexibility index (Phi) is 4.23. The summed E-state index contributed by atoms with van der Waals surface area (Å²) < 4.78 is 5.69. The number of hydrogen-bond acceptors (Lipinski definition) is 4. The van der Waals surface area contributed by atoms with Crippen LogP contribution in [-0.2, 0) is 4.74 Å². The molecule has 4 nitrogen and oxygen atoms in total. The van der Waals surface area contributed by atoms with Crippen LogP contribution in [0.25, 0.3) is 11.0 Å². The smallest absolute Gasteiger partial charge is 0.0935 e. The minimum absolute atomic E-state index is 0.132. The topological polar surface area (TPSA) is 47.0 Å². The van der Waals surface area contributed by atoms with Crippen molar-refractivity contribution in [3.8, 4) is 0 Å². The van der Waals surface area contributed by atoms with Crippen LogP contribution in [0.4, 0.5) is 0 Å². The Bertz CT molecular complexity index is 508. The third-order valence-electron chi connectivity index (χ3n) is 2.85. The van der Waals surface area contributed by atoms with Crippen LogP contribution >= 0.6 is 0 Å². The molecule has 0 bridgehead atoms. The Hall–Kier alpha value is -1.52. The summed E-state index contributed by atoms with van der Waals surface area (Å²) in [5.41, 5.74) is 2.98. The van der Waals surface area contributed by atoms with Gasteiger partial charge in [0.1, 0.15) is 0 Å². The van der Waals surface area contributed by atoms with Crippen LogP contribution in [0.15, 0.2) is 30.6 Å². The number of aromatic nitrogens is 2. The maximum atomic E-state index is 5.69. The van der Waals surface area contributed by atoms with Crippen molar-refractivity contribution in [2.45, 2.75) is 26.0 Å². The molecule has 1 atom stereocenters. The van der Waals surface area contributed by atoms with Crippen molar-refractivity contribution in [2.24, 2.45) is 0 Å². The van der Waals surface area contributed by atoms with Gasteiger partial charge in [0.05, 0.1) is 29.8 Å². The maximum absolute atomic E-state index is 5.69. The zero-order valence-electron chi connectivity index (χ0n) is 11.1. The van der Waals surface area contributed by atoms with Crippen LogP contribution in [0.1, 0.15) is 25.5 Å². The second-order valence-electron chi connectivity index (χ2n) is 4.49. The van der Waals surface area contributed by atoms with Gasteiger partial charge in [0, 0.05) is 12.4 Å². The number of nitrogens with one attached hydrogen (secondary N) is 1. The van der Waals surface area contributed by atoms with E-state index in [-0.39, 0.29) is 12.1 Å². The minimum atomic E-state index is 0.132. The number of hydrogen-bond donors (Lipinski definition) is 1. The summed E-state index contributed by atoms with van der Waals surface area (Å²) >= 11 is 0. The van der Waals surface area contributed by atoms with Crippen molar-refractivity contribution in [1.82, 2.24) is 15.3 Å². The Morgan fingerprint density at radius 1 is 1.22 bits per heavy atom. The van der Waals surface area contributed by atoms with Gasteiger partial charge in [-0.25, -0.2) is 0 Å². The van der Waals surface area contributed by atoms with Crippen LogP contribution in [0, 0.1) is 0 Å². The molecule has 4 heteroatoms. The molecule has 0 spiro atoms. The third-order valence-corrected chi connectivity index (χ3v) is 2.85. The van der Waals surface area contributed by atoms with E-state index in [1.54, 1.807) is 12.4 Å². The van der Waals surface area contributed by atoms with E-state index in [4.69, 9.17) is 4.74 Å². The summed E-state index contributed by atoms with van der Waals surface area (Å²) in [6.07, 6.45) is 3.66. The zero-order chi connectivity index (χ0) is 13.0. The number of likely N-dealkylation sites (N-methyl/N-ethyl adjacent to an activating group) is 1. The molecule has 1 aromatic heterocycles. The van der Waals surface area contributed by atoms with Gasteiger partial charge in [-0.1, -0.05) is 12.1 Å². The molecule has 1 unspecified atom stereocenters. The molecule has 1 N–H and O–H groups in total. The highest BCUT2D eigenvalue weighted by Gasteiger charge is 2.14. The van der Waals surface area contributed by atoms with Crippen molar-refractivity contribution in [3.63, 3.8) is 0 Å². The van der Waals surface area contributed by atoms with Crippen LogP contribution in [0.2, 0.25) is 0 Å². The van der Waals surface area contributed by atoms with Gasteiger partial charge in [0.2, 0.25) is 0 Å². The first-order chi connectivity index (χ1) is 8.72. The number of fused-ring (bicyclic) bond motifs is 1. The lowest BCUT2D eigenvalue weighted by Crippen LogP contribution is -2.24. The molecule has 0 fully saturated rings. The van der Waals surface area contributed by atoms with E-state index in [1.165, 1.54) is 0 Å². The average molecular weight is 245 g/mol. The first-order valence-corrected chi connectivity index (χ1v) is 6.21. The fourth-order valence-corrected chi connectivity index (χ4v) is 1.91. The number of nitrogens with zero attached hydrogens (tertiary/aromatic N) is 2. The van der Waals surface area contributed by atoms with Crippen molar-refractivity contribution in [2.75, 3.05) is 13.7 Å². The Morgan fingerprint density at radius 2 is 2.00 bits per heavy atom. The van der Waals surface area contributed by atoms with Gasteiger partial charge in [-0.15, -0.1) is 0 Å². The minimum Gasteiger partial charge on any atom is -0.377 e. The highest BCUT2D eigenvalue weighted by atomic mass is 16.5. The van der Waals surface area contributed by atoms with Gasteiger partial charge in [-0.2, -0.15) is 0 Å². The highest BCUT2D eigenvalue weighted by molar-refractivity contribution is 5.78. The molecule has 2 aromatic rings. The SMILES string of the molecule is CNC(COC(C)C)c1cccc2nccnc12. The van der Waals surface area contributed by atoms with Crippen molar-refractivity contribution < 1.29 is 4.74 Å². The summed E-state index contributed by atoms with van der Waals surface area (Å²) in [6.45, 7) is 4.70. The lowest BCUT2D eigenvalue weighted by Gasteiger charge is -2.19. The van der Waals surface area contributed by atoms with Gasteiger partial charge in [0.25, 0.3) is 0 Å². The third kappa shape index (κ3) is 2.83. The molecule has 18 heavy (non-hydrogen) atoms. The zero-order valence-corrected chi connectivity index (χ0v) is 11.1. The largest absolute Gasteiger partial charge is 0.377 e. The van der Waals surface area contributed by atoms with Crippen LogP contribution in [0.5, 0.6) is 0 Å². The van der Waals surface area contributed by atoms with E-state index in [0.29, 0.717) is 6.61 Å². The van der Waals surface area contributed by atoms with Crippen LogP contribution in [-0.4, -0.2) is 29.7 Å². The first kappa shape index (κ1) is 12.9. The molecule has 96 valence electrons.